The van der Waals surface area contributed by atoms with Crippen molar-refractivity contribution >= 4 is 6.03 Å². The van der Waals surface area contributed by atoms with Crippen LogP contribution < -0.4 is 10.6 Å². The molecule has 6 heteroatoms. The van der Waals surface area contributed by atoms with E-state index in [2.05, 4.69) is 15.6 Å². The lowest BCUT2D eigenvalue weighted by Gasteiger charge is -2.12. The number of nitrogens with one attached hydrogen (secondary N) is 2. The van der Waals surface area contributed by atoms with Gasteiger partial charge in [-0.15, -0.1) is 0 Å². The highest BCUT2D eigenvalue weighted by atomic mass is 16.3. The summed E-state index contributed by atoms with van der Waals surface area (Å²) in [4.78, 5) is 15.7. The van der Waals surface area contributed by atoms with E-state index in [0.717, 1.165) is 24.5 Å². The Balaban J connectivity index is 1.65. The van der Waals surface area contributed by atoms with Gasteiger partial charge >= 0.3 is 6.03 Å². The molecule has 0 radical (unpaired) electrons. The van der Waals surface area contributed by atoms with E-state index in [1.54, 1.807) is 12.5 Å². The Labute approximate surface area is 118 Å². The van der Waals surface area contributed by atoms with Crippen LogP contribution in [0.1, 0.15) is 30.9 Å². The molecule has 2 aromatic heterocycles. The fraction of sp³-hybridized carbons (Fsp3) is 0.429. The van der Waals surface area contributed by atoms with E-state index in [1.165, 1.54) is 0 Å². The number of urea groups is 1. The molecule has 1 unspecified atom stereocenters. The maximum atomic E-state index is 11.7. The fourth-order valence-corrected chi connectivity index (χ4v) is 1.89. The fourth-order valence-electron chi connectivity index (χ4n) is 1.89. The van der Waals surface area contributed by atoms with Gasteiger partial charge in [-0.1, -0.05) is 0 Å². The number of aryl methyl sites for hydroxylation is 2. The molecule has 0 spiro atoms. The third kappa shape index (κ3) is 4.15. The highest BCUT2D eigenvalue weighted by Gasteiger charge is 2.11. The first kappa shape index (κ1) is 14.2. The Hall–Kier alpha value is -2.24. The number of nitrogens with zero attached hydrogens (tertiary/aromatic N) is 2. The molecule has 0 aliphatic heterocycles. The van der Waals surface area contributed by atoms with Gasteiger partial charge in [-0.25, -0.2) is 9.78 Å². The molecule has 6 nitrogen and oxygen atoms in total. The molecule has 1 atom stereocenters. The summed E-state index contributed by atoms with van der Waals surface area (Å²) in [5, 5.41) is 5.67. The van der Waals surface area contributed by atoms with E-state index >= 15 is 0 Å². The summed E-state index contributed by atoms with van der Waals surface area (Å²) < 4.78 is 7.45. The molecule has 0 saturated heterocycles. The molecule has 2 N–H and O–H groups in total. The Bertz CT molecular complexity index is 533. The predicted molar refractivity (Wildman–Crippen MR) is 75.2 cm³/mol. The van der Waals surface area contributed by atoms with Crippen LogP contribution >= 0.6 is 0 Å². The van der Waals surface area contributed by atoms with Crippen molar-refractivity contribution < 1.29 is 9.21 Å². The second-order valence-corrected chi connectivity index (χ2v) is 4.72. The third-order valence-corrected chi connectivity index (χ3v) is 2.97. The number of carbonyl (C=O) groups excluding carboxylic acids is 1. The monoisotopic (exact) mass is 276 g/mol. The van der Waals surface area contributed by atoms with Crippen LogP contribution in [-0.4, -0.2) is 22.1 Å². The molecule has 20 heavy (non-hydrogen) atoms. The number of imidazole rings is 1. The molecule has 2 heterocycles. The van der Waals surface area contributed by atoms with Gasteiger partial charge in [0, 0.05) is 25.5 Å². The minimum Gasteiger partial charge on any atom is -0.464 e. The lowest BCUT2D eigenvalue weighted by atomic mass is 10.2. The Morgan fingerprint density at radius 3 is 3.00 bits per heavy atom. The molecule has 0 fully saturated rings. The zero-order valence-corrected chi connectivity index (χ0v) is 11.8. The lowest BCUT2D eigenvalue weighted by molar-refractivity contribution is 0.235. The Kier molecular flexibility index (Phi) is 4.81. The van der Waals surface area contributed by atoms with Crippen LogP contribution in [0.15, 0.2) is 35.3 Å². The van der Waals surface area contributed by atoms with Crippen molar-refractivity contribution in [1.29, 1.82) is 0 Å². The molecule has 0 aliphatic rings. The van der Waals surface area contributed by atoms with E-state index in [9.17, 15) is 4.79 Å². The molecular weight excluding hydrogens is 256 g/mol. The van der Waals surface area contributed by atoms with Gasteiger partial charge < -0.3 is 19.6 Å². The van der Waals surface area contributed by atoms with Gasteiger partial charge in [0.15, 0.2) is 0 Å². The molecule has 108 valence electrons. The Morgan fingerprint density at radius 2 is 2.35 bits per heavy atom. The molecule has 2 amide bonds. The van der Waals surface area contributed by atoms with Gasteiger partial charge in [0.2, 0.25) is 0 Å². The number of aromatic nitrogens is 2. The van der Waals surface area contributed by atoms with Gasteiger partial charge in [0.05, 0.1) is 12.4 Å². The smallest absolute Gasteiger partial charge is 0.315 e. The van der Waals surface area contributed by atoms with Crippen molar-refractivity contribution in [3.8, 4) is 0 Å². The Morgan fingerprint density at radius 1 is 1.50 bits per heavy atom. The van der Waals surface area contributed by atoms with E-state index in [4.69, 9.17) is 4.42 Å². The van der Waals surface area contributed by atoms with Crippen molar-refractivity contribution in [1.82, 2.24) is 20.2 Å². The highest BCUT2D eigenvalue weighted by molar-refractivity contribution is 5.74. The summed E-state index contributed by atoms with van der Waals surface area (Å²) in [5.41, 5.74) is 0. The van der Waals surface area contributed by atoms with Crippen molar-refractivity contribution in [2.45, 2.75) is 32.9 Å². The molecule has 0 bridgehead atoms. The number of amides is 2. The van der Waals surface area contributed by atoms with E-state index in [0.29, 0.717) is 6.54 Å². The van der Waals surface area contributed by atoms with Gasteiger partial charge in [-0.05, 0) is 32.4 Å². The lowest BCUT2D eigenvalue weighted by Crippen LogP contribution is -2.37. The van der Waals surface area contributed by atoms with Gasteiger partial charge in [0.1, 0.15) is 11.5 Å². The first-order chi connectivity index (χ1) is 9.65. The zero-order valence-electron chi connectivity index (χ0n) is 11.8. The van der Waals surface area contributed by atoms with Crippen molar-refractivity contribution in [3.05, 3.63) is 42.4 Å². The molecule has 2 rings (SSSR count). The molecular formula is C14H20N4O2. The SMILES string of the molecule is Cc1ccc(C(C)NC(=O)NCCCn2ccnc2)o1. The van der Waals surface area contributed by atoms with Crippen LogP contribution in [0.3, 0.4) is 0 Å². The summed E-state index contributed by atoms with van der Waals surface area (Å²) in [6, 6.07) is 3.44. The van der Waals surface area contributed by atoms with Crippen LogP contribution in [0.4, 0.5) is 4.79 Å². The summed E-state index contributed by atoms with van der Waals surface area (Å²) in [6.07, 6.45) is 6.27. The first-order valence-corrected chi connectivity index (χ1v) is 6.71. The maximum Gasteiger partial charge on any atom is 0.315 e. The molecule has 0 aliphatic carbocycles. The second kappa shape index (κ2) is 6.79. The van der Waals surface area contributed by atoms with Gasteiger partial charge in [-0.2, -0.15) is 0 Å². The minimum absolute atomic E-state index is 0.141. The van der Waals surface area contributed by atoms with Crippen LogP contribution in [0.5, 0.6) is 0 Å². The summed E-state index contributed by atoms with van der Waals surface area (Å²) in [7, 11) is 0. The second-order valence-electron chi connectivity index (χ2n) is 4.72. The van der Waals surface area contributed by atoms with E-state index in [1.807, 2.05) is 36.7 Å². The average Bonchev–Trinajstić information content (AvgIpc) is 3.06. The number of rotatable bonds is 6. The molecule has 0 aromatic carbocycles. The van der Waals surface area contributed by atoms with Crippen LogP contribution in [-0.2, 0) is 6.54 Å². The van der Waals surface area contributed by atoms with E-state index in [-0.39, 0.29) is 12.1 Å². The van der Waals surface area contributed by atoms with Crippen molar-refractivity contribution in [2.24, 2.45) is 0 Å². The van der Waals surface area contributed by atoms with Crippen molar-refractivity contribution in [3.63, 3.8) is 0 Å². The van der Waals surface area contributed by atoms with Crippen LogP contribution in [0, 0.1) is 6.92 Å². The number of carbonyl (C=O) groups is 1. The zero-order chi connectivity index (χ0) is 14.4. The predicted octanol–water partition coefficient (Wildman–Crippen LogP) is 2.24. The largest absolute Gasteiger partial charge is 0.464 e. The summed E-state index contributed by atoms with van der Waals surface area (Å²) >= 11 is 0. The quantitative estimate of drug-likeness (QED) is 0.795. The third-order valence-electron chi connectivity index (χ3n) is 2.97. The topological polar surface area (TPSA) is 72.1 Å². The van der Waals surface area contributed by atoms with Crippen LogP contribution in [0.25, 0.3) is 0 Å². The minimum atomic E-state index is -0.183. The van der Waals surface area contributed by atoms with Gasteiger partial charge in [0.25, 0.3) is 0 Å². The highest BCUT2D eigenvalue weighted by Crippen LogP contribution is 2.15. The normalized spacial score (nSPS) is 12.1. The van der Waals surface area contributed by atoms with E-state index < -0.39 is 0 Å². The standard InChI is InChI=1S/C14H20N4O2/c1-11-4-5-13(20-11)12(2)17-14(19)16-6-3-8-18-9-7-15-10-18/h4-5,7,9-10,12H,3,6,8H2,1-2H3,(H2,16,17,19). The van der Waals surface area contributed by atoms with Crippen LogP contribution in [0.2, 0.25) is 0 Å². The van der Waals surface area contributed by atoms with Gasteiger partial charge in [-0.3, -0.25) is 0 Å². The molecule has 2 aromatic rings. The average molecular weight is 276 g/mol. The number of hydrogen-bond acceptors (Lipinski definition) is 3. The van der Waals surface area contributed by atoms with Crippen molar-refractivity contribution in [2.75, 3.05) is 6.54 Å². The maximum absolute atomic E-state index is 11.7. The first-order valence-electron chi connectivity index (χ1n) is 6.71. The number of furan rings is 1. The number of hydrogen-bond donors (Lipinski definition) is 2. The summed E-state index contributed by atoms with van der Waals surface area (Å²) in [5.74, 6) is 1.60. The summed E-state index contributed by atoms with van der Waals surface area (Å²) in [6.45, 7) is 5.23. The molecule has 0 saturated carbocycles.